The molecule has 1 aromatic carbocycles. The van der Waals surface area contributed by atoms with E-state index in [1.807, 2.05) is 4.90 Å². The van der Waals surface area contributed by atoms with Gasteiger partial charge in [0.15, 0.2) is 0 Å². The maximum absolute atomic E-state index is 11.6. The summed E-state index contributed by atoms with van der Waals surface area (Å²) < 4.78 is 0. The molecular formula is C16H24N2O. The van der Waals surface area contributed by atoms with Crippen molar-refractivity contribution in [3.8, 4) is 0 Å². The first-order valence-electron chi connectivity index (χ1n) is 7.31. The molecule has 19 heavy (non-hydrogen) atoms. The van der Waals surface area contributed by atoms with Crippen molar-refractivity contribution in [3.05, 3.63) is 35.4 Å². The molecular weight excluding hydrogens is 236 g/mol. The Bertz CT molecular complexity index is 409. The van der Waals surface area contributed by atoms with Crippen molar-refractivity contribution < 1.29 is 4.79 Å². The highest BCUT2D eigenvalue weighted by Crippen LogP contribution is 2.15. The molecule has 0 radical (unpaired) electrons. The number of likely N-dealkylation sites (tertiary alicyclic amines) is 1. The van der Waals surface area contributed by atoms with E-state index in [0.717, 1.165) is 45.6 Å². The van der Waals surface area contributed by atoms with Gasteiger partial charge in [-0.25, -0.2) is 0 Å². The standard InChI is InChI=1S/C16H24N2O/c1-3-17(4-2)12-14-7-9-15(10-8-14)13-18-11-5-6-16(18)19/h7-10H,3-6,11-13H2,1-2H3. The first kappa shape index (κ1) is 14.1. The molecule has 104 valence electrons. The first-order chi connectivity index (χ1) is 9.22. The fourth-order valence-electron chi connectivity index (χ4n) is 2.55. The quantitative estimate of drug-likeness (QED) is 0.785. The summed E-state index contributed by atoms with van der Waals surface area (Å²) in [5.74, 6) is 0.298. The molecule has 0 bridgehead atoms. The Kier molecular flexibility index (Phi) is 4.97. The maximum Gasteiger partial charge on any atom is 0.222 e. The second-order valence-corrected chi connectivity index (χ2v) is 5.20. The number of carbonyl (C=O) groups excluding carboxylic acids is 1. The molecule has 0 atom stereocenters. The van der Waals surface area contributed by atoms with E-state index in [1.54, 1.807) is 0 Å². The van der Waals surface area contributed by atoms with Crippen LogP contribution in [-0.2, 0) is 17.9 Å². The van der Waals surface area contributed by atoms with E-state index in [4.69, 9.17) is 0 Å². The van der Waals surface area contributed by atoms with E-state index in [2.05, 4.69) is 43.0 Å². The van der Waals surface area contributed by atoms with Crippen molar-refractivity contribution in [2.75, 3.05) is 19.6 Å². The molecule has 3 heteroatoms. The van der Waals surface area contributed by atoms with Crippen LogP contribution in [0.5, 0.6) is 0 Å². The fourth-order valence-corrected chi connectivity index (χ4v) is 2.55. The van der Waals surface area contributed by atoms with Gasteiger partial charge < -0.3 is 4.90 Å². The second-order valence-electron chi connectivity index (χ2n) is 5.20. The van der Waals surface area contributed by atoms with Gasteiger partial charge in [-0.2, -0.15) is 0 Å². The lowest BCUT2D eigenvalue weighted by Gasteiger charge is -2.19. The van der Waals surface area contributed by atoms with E-state index < -0.39 is 0 Å². The van der Waals surface area contributed by atoms with Crippen LogP contribution in [0.2, 0.25) is 0 Å². The van der Waals surface area contributed by atoms with Crippen LogP contribution in [-0.4, -0.2) is 35.3 Å². The Morgan fingerprint density at radius 3 is 2.26 bits per heavy atom. The third kappa shape index (κ3) is 3.80. The molecule has 1 amide bonds. The number of hydrogen-bond acceptors (Lipinski definition) is 2. The van der Waals surface area contributed by atoms with E-state index in [0.29, 0.717) is 5.91 Å². The molecule has 1 fully saturated rings. The van der Waals surface area contributed by atoms with E-state index >= 15 is 0 Å². The number of nitrogens with zero attached hydrogens (tertiary/aromatic N) is 2. The largest absolute Gasteiger partial charge is 0.338 e. The van der Waals surface area contributed by atoms with E-state index in [1.165, 1.54) is 11.1 Å². The Balaban J connectivity index is 1.92. The van der Waals surface area contributed by atoms with Crippen molar-refractivity contribution in [1.29, 1.82) is 0 Å². The molecule has 0 spiro atoms. The topological polar surface area (TPSA) is 23.6 Å². The zero-order chi connectivity index (χ0) is 13.7. The van der Waals surface area contributed by atoms with Gasteiger partial charge in [-0.3, -0.25) is 9.69 Å². The summed E-state index contributed by atoms with van der Waals surface area (Å²) in [5.41, 5.74) is 2.58. The van der Waals surface area contributed by atoms with Crippen LogP contribution >= 0.6 is 0 Å². The molecule has 2 rings (SSSR count). The summed E-state index contributed by atoms with van der Waals surface area (Å²) in [6.45, 7) is 9.25. The van der Waals surface area contributed by atoms with Crippen molar-refractivity contribution >= 4 is 5.91 Å². The molecule has 0 N–H and O–H groups in total. The summed E-state index contributed by atoms with van der Waals surface area (Å²) in [4.78, 5) is 15.9. The molecule has 1 saturated heterocycles. The lowest BCUT2D eigenvalue weighted by atomic mass is 10.1. The number of amides is 1. The van der Waals surface area contributed by atoms with Gasteiger partial charge in [-0.15, -0.1) is 0 Å². The van der Waals surface area contributed by atoms with Crippen LogP contribution in [0.15, 0.2) is 24.3 Å². The Morgan fingerprint density at radius 1 is 1.11 bits per heavy atom. The van der Waals surface area contributed by atoms with Gasteiger partial charge in [0.25, 0.3) is 0 Å². The van der Waals surface area contributed by atoms with Gasteiger partial charge in [-0.1, -0.05) is 38.1 Å². The summed E-state index contributed by atoms with van der Waals surface area (Å²) in [6.07, 6.45) is 1.74. The monoisotopic (exact) mass is 260 g/mol. The van der Waals surface area contributed by atoms with Gasteiger partial charge in [0.1, 0.15) is 0 Å². The van der Waals surface area contributed by atoms with Crippen LogP contribution < -0.4 is 0 Å². The van der Waals surface area contributed by atoms with Gasteiger partial charge in [-0.05, 0) is 30.6 Å². The summed E-state index contributed by atoms with van der Waals surface area (Å²) in [7, 11) is 0. The van der Waals surface area contributed by atoms with Crippen molar-refractivity contribution in [2.24, 2.45) is 0 Å². The molecule has 1 aliphatic heterocycles. The first-order valence-corrected chi connectivity index (χ1v) is 7.31. The molecule has 0 aliphatic carbocycles. The minimum absolute atomic E-state index is 0.298. The predicted molar refractivity (Wildman–Crippen MR) is 77.7 cm³/mol. The third-order valence-electron chi connectivity index (χ3n) is 3.87. The maximum atomic E-state index is 11.6. The van der Waals surface area contributed by atoms with Crippen LogP contribution in [0.4, 0.5) is 0 Å². The number of carbonyl (C=O) groups is 1. The van der Waals surface area contributed by atoms with Crippen LogP contribution in [0.1, 0.15) is 37.8 Å². The average molecular weight is 260 g/mol. The lowest BCUT2D eigenvalue weighted by molar-refractivity contribution is -0.128. The number of hydrogen-bond donors (Lipinski definition) is 0. The average Bonchev–Trinajstić information content (AvgIpc) is 2.83. The van der Waals surface area contributed by atoms with Gasteiger partial charge in [0.2, 0.25) is 5.91 Å². The normalized spacial score (nSPS) is 15.5. The molecule has 0 saturated carbocycles. The lowest BCUT2D eigenvalue weighted by Crippen LogP contribution is -2.24. The highest BCUT2D eigenvalue weighted by Gasteiger charge is 2.19. The molecule has 1 aromatic rings. The van der Waals surface area contributed by atoms with Gasteiger partial charge >= 0.3 is 0 Å². The van der Waals surface area contributed by atoms with Crippen molar-refractivity contribution in [2.45, 2.75) is 39.8 Å². The second kappa shape index (κ2) is 6.71. The summed E-state index contributed by atoms with van der Waals surface area (Å²) in [5, 5.41) is 0. The van der Waals surface area contributed by atoms with E-state index in [-0.39, 0.29) is 0 Å². The van der Waals surface area contributed by atoms with Crippen molar-refractivity contribution in [3.63, 3.8) is 0 Å². The number of benzene rings is 1. The van der Waals surface area contributed by atoms with Crippen LogP contribution in [0.25, 0.3) is 0 Å². The highest BCUT2D eigenvalue weighted by molar-refractivity contribution is 5.78. The zero-order valence-electron chi connectivity index (χ0n) is 12.1. The summed E-state index contributed by atoms with van der Waals surface area (Å²) >= 11 is 0. The van der Waals surface area contributed by atoms with Gasteiger partial charge in [0, 0.05) is 26.1 Å². The Labute approximate surface area is 116 Å². The minimum Gasteiger partial charge on any atom is -0.338 e. The zero-order valence-corrected chi connectivity index (χ0v) is 12.1. The van der Waals surface area contributed by atoms with Gasteiger partial charge in [0.05, 0.1) is 0 Å². The highest BCUT2D eigenvalue weighted by atomic mass is 16.2. The fraction of sp³-hybridized carbons (Fsp3) is 0.562. The molecule has 0 aromatic heterocycles. The molecule has 1 aliphatic rings. The molecule has 1 heterocycles. The Hall–Kier alpha value is -1.35. The Morgan fingerprint density at radius 2 is 1.74 bits per heavy atom. The summed E-state index contributed by atoms with van der Waals surface area (Å²) in [6, 6.07) is 8.69. The van der Waals surface area contributed by atoms with Crippen LogP contribution in [0, 0.1) is 0 Å². The van der Waals surface area contributed by atoms with Crippen LogP contribution in [0.3, 0.4) is 0 Å². The minimum atomic E-state index is 0.298. The SMILES string of the molecule is CCN(CC)Cc1ccc(CN2CCCC2=O)cc1. The van der Waals surface area contributed by atoms with Crippen molar-refractivity contribution in [1.82, 2.24) is 9.80 Å². The number of rotatable bonds is 6. The third-order valence-corrected chi connectivity index (χ3v) is 3.87. The van der Waals surface area contributed by atoms with E-state index in [9.17, 15) is 4.79 Å². The smallest absolute Gasteiger partial charge is 0.222 e. The molecule has 0 unspecified atom stereocenters. The predicted octanol–water partition coefficient (Wildman–Crippen LogP) is 2.65. The molecule has 3 nitrogen and oxygen atoms in total.